The highest BCUT2D eigenvalue weighted by atomic mass is 32.1. The molecule has 2 amide bonds. The second-order valence-electron chi connectivity index (χ2n) is 6.68. The monoisotopic (exact) mass is 403 g/mol. The van der Waals surface area contributed by atoms with Crippen LogP contribution in [0.25, 0.3) is 10.6 Å². The van der Waals surface area contributed by atoms with Crippen molar-refractivity contribution in [3.8, 4) is 10.6 Å². The second kappa shape index (κ2) is 8.51. The van der Waals surface area contributed by atoms with Gasteiger partial charge in [0.2, 0.25) is 0 Å². The number of pyridine rings is 1. The molecule has 0 aliphatic rings. The molecular weight excluding hydrogens is 384 g/mol. The number of thiazole rings is 1. The summed E-state index contributed by atoms with van der Waals surface area (Å²) < 4.78 is 23.9. The van der Waals surface area contributed by atoms with Gasteiger partial charge in [-0.15, -0.1) is 0 Å². The van der Waals surface area contributed by atoms with E-state index in [1.807, 2.05) is 0 Å². The van der Waals surface area contributed by atoms with Gasteiger partial charge >= 0.3 is 12.2 Å². The molecule has 0 atom stereocenters. The van der Waals surface area contributed by atoms with Gasteiger partial charge in [-0.3, -0.25) is 9.97 Å². The lowest BCUT2D eigenvalue weighted by atomic mass is 10.1. The first kappa shape index (κ1) is 21.6. The number of amides is 2. The number of anilines is 1. The Kier molecular flexibility index (Phi) is 6.55. The molecule has 2 heterocycles. The maximum atomic E-state index is 13.5. The highest BCUT2D eigenvalue weighted by Gasteiger charge is 2.33. The summed E-state index contributed by atoms with van der Waals surface area (Å²) in [6.45, 7) is 8.21. The van der Waals surface area contributed by atoms with Crippen molar-refractivity contribution in [2.24, 2.45) is 0 Å². The van der Waals surface area contributed by atoms with Crippen molar-refractivity contribution in [3.63, 3.8) is 0 Å². The summed E-state index contributed by atoms with van der Waals surface area (Å²) in [5, 5.41) is 0.283. The molecule has 0 spiro atoms. The van der Waals surface area contributed by atoms with Crippen LogP contribution in [0.15, 0.2) is 30.3 Å². The lowest BCUT2D eigenvalue weighted by molar-refractivity contribution is 0.0579. The van der Waals surface area contributed by atoms with Crippen molar-refractivity contribution in [1.29, 1.82) is 0 Å². The molecule has 146 valence electrons. The number of rotatable bonds is 3. The van der Waals surface area contributed by atoms with Gasteiger partial charge in [-0.1, -0.05) is 11.3 Å². The van der Waals surface area contributed by atoms with Crippen LogP contribution in [0.2, 0.25) is 0 Å². The van der Waals surface area contributed by atoms with E-state index in [9.17, 15) is 14.0 Å². The number of imide groups is 1. The fraction of sp³-hybridized carbons (Fsp3) is 0.333. The average Bonchev–Trinajstić information content (AvgIpc) is 2.95. The molecule has 2 rings (SSSR count). The van der Waals surface area contributed by atoms with Crippen molar-refractivity contribution in [2.45, 2.75) is 40.2 Å². The molecule has 2 aromatic rings. The summed E-state index contributed by atoms with van der Waals surface area (Å²) in [5.74, 6) is -0.267. The van der Waals surface area contributed by atoms with Crippen molar-refractivity contribution in [1.82, 2.24) is 9.97 Å². The number of allylic oxidation sites excluding steroid dienone is 2. The third kappa shape index (κ3) is 5.38. The Bertz CT molecular complexity index is 924. The topological polar surface area (TPSA) is 81.6 Å². The van der Waals surface area contributed by atoms with E-state index >= 15 is 0 Å². The van der Waals surface area contributed by atoms with Crippen molar-refractivity contribution in [2.75, 3.05) is 4.90 Å². The molecule has 0 saturated carbocycles. The van der Waals surface area contributed by atoms with Crippen LogP contribution in [0, 0.1) is 5.82 Å². The molecule has 0 aliphatic heterocycles. The Hall–Kier alpha value is -2.75. The summed E-state index contributed by atoms with van der Waals surface area (Å²) in [4.78, 5) is 33.8. The first-order valence-electron chi connectivity index (χ1n) is 8.27. The van der Waals surface area contributed by atoms with E-state index in [0.717, 1.165) is 17.5 Å². The molecule has 0 aliphatic carbocycles. The van der Waals surface area contributed by atoms with Crippen molar-refractivity contribution < 1.29 is 23.5 Å². The molecule has 2 radical (unpaired) electrons. The summed E-state index contributed by atoms with van der Waals surface area (Å²) in [6, 6.07) is 1.22. The smallest absolute Gasteiger partial charge is 0.429 e. The first-order valence-corrected chi connectivity index (χ1v) is 9.08. The lowest BCUT2D eigenvalue weighted by Gasteiger charge is -2.25. The van der Waals surface area contributed by atoms with E-state index in [0.29, 0.717) is 10.5 Å². The number of carbonyl (C=O) groups is 2. The highest BCUT2D eigenvalue weighted by Crippen LogP contribution is 2.31. The molecule has 0 bridgehead atoms. The van der Waals surface area contributed by atoms with E-state index in [-0.39, 0.29) is 21.4 Å². The van der Waals surface area contributed by atoms with Gasteiger partial charge < -0.3 is 9.47 Å². The Morgan fingerprint density at radius 2 is 1.96 bits per heavy atom. The van der Waals surface area contributed by atoms with Gasteiger partial charge in [-0.25, -0.2) is 14.0 Å². The van der Waals surface area contributed by atoms with Crippen LogP contribution in [0.3, 0.4) is 0 Å². The molecule has 28 heavy (non-hydrogen) atoms. The fourth-order valence-electron chi connectivity index (χ4n) is 1.93. The zero-order valence-corrected chi connectivity index (χ0v) is 17.0. The number of nitrogens with zero attached hydrogens (tertiary/aromatic N) is 3. The van der Waals surface area contributed by atoms with Crippen LogP contribution in [-0.4, -0.2) is 35.6 Å². The van der Waals surface area contributed by atoms with Gasteiger partial charge in [-0.2, -0.15) is 4.90 Å². The van der Waals surface area contributed by atoms with E-state index in [4.69, 9.17) is 17.3 Å². The third-order valence-corrected chi connectivity index (χ3v) is 4.31. The minimum Gasteiger partial charge on any atom is -0.443 e. The van der Waals surface area contributed by atoms with Crippen LogP contribution in [0.4, 0.5) is 19.0 Å². The molecule has 0 aromatic carbocycles. The second-order valence-corrected chi connectivity index (χ2v) is 7.66. The minimum absolute atomic E-state index is 0.00224. The van der Waals surface area contributed by atoms with Crippen LogP contribution in [-0.2, 0) is 9.47 Å². The van der Waals surface area contributed by atoms with E-state index in [2.05, 4.69) is 9.97 Å². The third-order valence-electron chi connectivity index (χ3n) is 3.20. The maximum Gasteiger partial charge on any atom is 0.429 e. The molecule has 10 heteroatoms. The normalized spacial score (nSPS) is 11.9. The predicted octanol–water partition coefficient (Wildman–Crippen LogP) is 3.94. The van der Waals surface area contributed by atoms with E-state index < -0.39 is 23.6 Å². The number of halogens is 1. The Labute approximate surface area is 167 Å². The van der Waals surface area contributed by atoms with Gasteiger partial charge in [0.1, 0.15) is 35.0 Å². The predicted molar refractivity (Wildman–Crippen MR) is 105 cm³/mol. The summed E-state index contributed by atoms with van der Waals surface area (Å²) in [6.07, 6.45) is 2.03. The SMILES string of the molecule is [B]c1nc(-c2cncc(F)c2)sc1N(C(=O)O/C(C)=C/C)C(=O)OC(C)(C)C. The van der Waals surface area contributed by atoms with Crippen LogP contribution in [0.1, 0.15) is 34.6 Å². The first-order chi connectivity index (χ1) is 13.0. The number of hydrogen-bond donors (Lipinski definition) is 0. The molecule has 7 nitrogen and oxygen atoms in total. The number of carbonyl (C=O) groups excluding carboxylic acids is 2. The lowest BCUT2D eigenvalue weighted by Crippen LogP contribution is -2.42. The Morgan fingerprint density at radius 3 is 2.54 bits per heavy atom. The summed E-state index contributed by atoms with van der Waals surface area (Å²) in [5.41, 5.74) is -0.615. The van der Waals surface area contributed by atoms with Crippen LogP contribution >= 0.6 is 11.3 Å². The quantitative estimate of drug-likeness (QED) is 0.571. The Morgan fingerprint density at radius 1 is 1.29 bits per heavy atom. The molecule has 0 N–H and O–H groups in total. The zero-order chi connectivity index (χ0) is 21.1. The maximum absolute atomic E-state index is 13.5. The molecular formula is C18H19BFN3O4S. The van der Waals surface area contributed by atoms with Gasteiger partial charge in [0, 0.05) is 17.4 Å². The molecule has 2 aromatic heterocycles. The Balaban J connectivity index is 2.48. The van der Waals surface area contributed by atoms with Crippen LogP contribution in [0.5, 0.6) is 0 Å². The zero-order valence-electron chi connectivity index (χ0n) is 16.1. The van der Waals surface area contributed by atoms with Crippen molar-refractivity contribution in [3.05, 3.63) is 36.1 Å². The van der Waals surface area contributed by atoms with Gasteiger partial charge in [0.25, 0.3) is 0 Å². The average molecular weight is 403 g/mol. The number of aromatic nitrogens is 2. The largest absolute Gasteiger partial charge is 0.443 e. The van der Waals surface area contributed by atoms with Crippen molar-refractivity contribution >= 4 is 42.0 Å². The van der Waals surface area contributed by atoms with Crippen LogP contribution < -0.4 is 10.5 Å². The fourth-order valence-corrected chi connectivity index (χ4v) is 2.87. The van der Waals surface area contributed by atoms with E-state index in [1.165, 1.54) is 12.3 Å². The minimum atomic E-state index is -0.996. The number of hydrogen-bond acceptors (Lipinski definition) is 7. The van der Waals surface area contributed by atoms with E-state index in [1.54, 1.807) is 40.7 Å². The summed E-state index contributed by atoms with van der Waals surface area (Å²) >= 11 is 0.909. The van der Waals surface area contributed by atoms with Gasteiger partial charge in [0.05, 0.1) is 6.20 Å². The molecule has 0 unspecified atom stereocenters. The molecule has 0 fully saturated rings. The van der Waals surface area contributed by atoms with Gasteiger partial charge in [0.15, 0.2) is 0 Å². The van der Waals surface area contributed by atoms with Gasteiger partial charge in [-0.05, 0) is 46.8 Å². The highest BCUT2D eigenvalue weighted by molar-refractivity contribution is 7.20. The number of ether oxygens (including phenoxy) is 2. The molecule has 0 saturated heterocycles. The summed E-state index contributed by atoms with van der Waals surface area (Å²) in [7, 11) is 5.93. The standard InChI is InChI=1S/C18H19BFN3O4S/c1-6-10(2)26-16(24)23(17(25)27-18(3,4)5)15-13(19)22-14(28-15)11-7-12(20)9-21-8-11/h6-9H,1-5H3/b10-6+.